The van der Waals surface area contributed by atoms with Crippen LogP contribution in [0, 0.1) is 5.92 Å². The number of ketones is 1. The summed E-state index contributed by atoms with van der Waals surface area (Å²) < 4.78 is 5.18. The normalized spacial score (nSPS) is 17.7. The maximum absolute atomic E-state index is 12.1. The first-order chi connectivity index (χ1) is 9.69. The molecule has 0 spiro atoms. The van der Waals surface area contributed by atoms with E-state index < -0.39 is 0 Å². The molecular formula is C18H18O2. The lowest BCUT2D eigenvalue weighted by molar-refractivity contribution is 0.0913. The summed E-state index contributed by atoms with van der Waals surface area (Å²) in [6.45, 7) is 2.02. The lowest BCUT2D eigenvalue weighted by Gasteiger charge is -2.20. The summed E-state index contributed by atoms with van der Waals surface area (Å²) in [5, 5.41) is 0. The van der Waals surface area contributed by atoms with Gasteiger partial charge in [-0.2, -0.15) is 0 Å². The van der Waals surface area contributed by atoms with E-state index in [0.717, 1.165) is 35.3 Å². The first-order valence-electron chi connectivity index (χ1n) is 7.00. The molecular weight excluding hydrogens is 248 g/mol. The molecule has 1 aliphatic carbocycles. The van der Waals surface area contributed by atoms with Crippen LogP contribution < -0.4 is 4.74 Å². The highest BCUT2D eigenvalue weighted by molar-refractivity contribution is 6.00. The predicted octanol–water partition coefficient (Wildman–Crippen LogP) is 4.13. The van der Waals surface area contributed by atoms with Gasteiger partial charge >= 0.3 is 0 Å². The van der Waals surface area contributed by atoms with E-state index >= 15 is 0 Å². The third-order valence-corrected chi connectivity index (χ3v) is 4.09. The number of carbonyl (C=O) groups excluding carboxylic acids is 1. The van der Waals surface area contributed by atoms with E-state index in [2.05, 4.69) is 6.07 Å². The average molecular weight is 266 g/mol. The molecule has 0 radical (unpaired) electrons. The van der Waals surface area contributed by atoms with Gasteiger partial charge in [0.05, 0.1) is 7.11 Å². The molecule has 102 valence electrons. The Balaban J connectivity index is 1.98. The fraction of sp³-hybridized carbons (Fsp3) is 0.278. The van der Waals surface area contributed by atoms with Crippen molar-refractivity contribution in [2.45, 2.75) is 19.8 Å². The molecule has 2 nitrogen and oxygen atoms in total. The number of aryl methyl sites for hydroxylation is 1. The van der Waals surface area contributed by atoms with Crippen LogP contribution in [-0.2, 0) is 6.42 Å². The average Bonchev–Trinajstić information content (AvgIpc) is 2.51. The molecule has 1 unspecified atom stereocenters. The van der Waals surface area contributed by atoms with Gasteiger partial charge in [-0.15, -0.1) is 0 Å². The van der Waals surface area contributed by atoms with E-state index in [1.807, 2.05) is 43.3 Å². The quantitative estimate of drug-likeness (QED) is 0.817. The van der Waals surface area contributed by atoms with Crippen LogP contribution in [0.2, 0.25) is 0 Å². The zero-order chi connectivity index (χ0) is 14.1. The maximum atomic E-state index is 12.1. The number of ether oxygens (including phenoxy) is 1. The van der Waals surface area contributed by atoms with Crippen molar-refractivity contribution in [1.29, 1.82) is 0 Å². The van der Waals surface area contributed by atoms with Crippen molar-refractivity contribution in [3.63, 3.8) is 0 Å². The van der Waals surface area contributed by atoms with Crippen LogP contribution >= 0.6 is 0 Å². The molecule has 2 aromatic carbocycles. The van der Waals surface area contributed by atoms with Crippen LogP contribution in [0.25, 0.3) is 11.1 Å². The molecule has 0 heterocycles. The molecule has 0 amide bonds. The molecule has 2 aromatic rings. The number of hydrogen-bond acceptors (Lipinski definition) is 2. The SMILES string of the molecule is COc1ccc(-c2ccc3c(c2)CCC(C)C3=O)cc1. The van der Waals surface area contributed by atoms with Gasteiger partial charge in [-0.25, -0.2) is 0 Å². The van der Waals surface area contributed by atoms with Crippen molar-refractivity contribution in [2.75, 3.05) is 7.11 Å². The van der Waals surface area contributed by atoms with Crippen LogP contribution in [-0.4, -0.2) is 12.9 Å². The molecule has 0 saturated heterocycles. The third kappa shape index (κ3) is 2.22. The van der Waals surface area contributed by atoms with E-state index in [1.54, 1.807) is 7.11 Å². The summed E-state index contributed by atoms with van der Waals surface area (Å²) in [6, 6.07) is 14.2. The summed E-state index contributed by atoms with van der Waals surface area (Å²) in [6.07, 6.45) is 1.95. The van der Waals surface area contributed by atoms with Gasteiger partial charge < -0.3 is 4.74 Å². The minimum atomic E-state index is 0.161. The lowest BCUT2D eigenvalue weighted by atomic mass is 9.82. The fourth-order valence-corrected chi connectivity index (χ4v) is 2.77. The first-order valence-corrected chi connectivity index (χ1v) is 7.00. The molecule has 0 bridgehead atoms. The number of carbonyl (C=O) groups is 1. The predicted molar refractivity (Wildman–Crippen MR) is 80.2 cm³/mol. The second-order valence-electron chi connectivity index (χ2n) is 5.40. The summed E-state index contributed by atoms with van der Waals surface area (Å²) in [5.74, 6) is 1.30. The van der Waals surface area contributed by atoms with Gasteiger partial charge in [0.15, 0.2) is 5.78 Å². The summed E-state index contributed by atoms with van der Waals surface area (Å²) in [4.78, 5) is 12.1. The molecule has 0 aliphatic heterocycles. The highest BCUT2D eigenvalue weighted by atomic mass is 16.5. The van der Waals surface area contributed by atoms with Gasteiger partial charge in [-0.05, 0) is 41.7 Å². The van der Waals surface area contributed by atoms with Crippen LogP contribution in [0.4, 0.5) is 0 Å². The van der Waals surface area contributed by atoms with Crippen LogP contribution in [0.1, 0.15) is 29.3 Å². The Bertz CT molecular complexity index is 641. The smallest absolute Gasteiger partial charge is 0.165 e. The van der Waals surface area contributed by atoms with Gasteiger partial charge in [0.2, 0.25) is 0 Å². The van der Waals surface area contributed by atoms with Crippen LogP contribution in [0.3, 0.4) is 0 Å². The van der Waals surface area contributed by atoms with Crippen molar-refractivity contribution in [1.82, 2.24) is 0 Å². The lowest BCUT2D eigenvalue weighted by Crippen LogP contribution is -2.19. The highest BCUT2D eigenvalue weighted by Crippen LogP contribution is 2.30. The van der Waals surface area contributed by atoms with Crippen molar-refractivity contribution in [2.24, 2.45) is 5.92 Å². The molecule has 2 heteroatoms. The molecule has 0 saturated carbocycles. The molecule has 0 fully saturated rings. The Kier molecular flexibility index (Phi) is 3.31. The Morgan fingerprint density at radius 1 is 1.05 bits per heavy atom. The Hall–Kier alpha value is -2.09. The van der Waals surface area contributed by atoms with Crippen LogP contribution in [0.5, 0.6) is 5.75 Å². The second-order valence-corrected chi connectivity index (χ2v) is 5.40. The molecule has 0 aromatic heterocycles. The minimum absolute atomic E-state index is 0.161. The van der Waals surface area contributed by atoms with E-state index in [-0.39, 0.29) is 11.7 Å². The van der Waals surface area contributed by atoms with Gasteiger partial charge in [0.25, 0.3) is 0 Å². The Labute approximate surface area is 119 Å². The topological polar surface area (TPSA) is 26.3 Å². The van der Waals surface area contributed by atoms with Gasteiger partial charge in [-0.3, -0.25) is 4.79 Å². The third-order valence-electron chi connectivity index (χ3n) is 4.09. The van der Waals surface area contributed by atoms with Gasteiger partial charge in [-0.1, -0.05) is 37.3 Å². The van der Waals surface area contributed by atoms with Crippen LogP contribution in [0.15, 0.2) is 42.5 Å². The maximum Gasteiger partial charge on any atom is 0.165 e. The van der Waals surface area contributed by atoms with Crippen molar-refractivity contribution >= 4 is 5.78 Å². The summed E-state index contributed by atoms with van der Waals surface area (Å²) >= 11 is 0. The van der Waals surface area contributed by atoms with Gasteiger partial charge in [0.1, 0.15) is 5.75 Å². The summed E-state index contributed by atoms with van der Waals surface area (Å²) in [7, 11) is 1.67. The second kappa shape index (κ2) is 5.12. The van der Waals surface area contributed by atoms with E-state index in [4.69, 9.17) is 4.74 Å². The molecule has 1 aliphatic rings. The minimum Gasteiger partial charge on any atom is -0.497 e. The van der Waals surface area contributed by atoms with Gasteiger partial charge in [0, 0.05) is 11.5 Å². The largest absolute Gasteiger partial charge is 0.497 e. The number of fused-ring (bicyclic) bond motifs is 1. The standard InChI is InChI=1S/C18H18O2/c1-12-3-4-15-11-14(7-10-17(15)18(12)19)13-5-8-16(20-2)9-6-13/h5-12H,3-4H2,1-2H3. The molecule has 3 rings (SSSR count). The first kappa shape index (κ1) is 12.9. The van der Waals surface area contributed by atoms with E-state index in [9.17, 15) is 4.79 Å². The molecule has 20 heavy (non-hydrogen) atoms. The number of methoxy groups -OCH3 is 1. The van der Waals surface area contributed by atoms with E-state index in [0.29, 0.717) is 0 Å². The molecule has 1 atom stereocenters. The van der Waals surface area contributed by atoms with E-state index in [1.165, 1.54) is 5.56 Å². The van der Waals surface area contributed by atoms with Crippen molar-refractivity contribution in [3.05, 3.63) is 53.6 Å². The van der Waals surface area contributed by atoms with Crippen molar-refractivity contribution < 1.29 is 9.53 Å². The number of benzene rings is 2. The number of rotatable bonds is 2. The molecule has 0 N–H and O–H groups in total. The van der Waals surface area contributed by atoms with Crippen molar-refractivity contribution in [3.8, 4) is 16.9 Å². The monoisotopic (exact) mass is 266 g/mol. The number of Topliss-reactive ketones (excluding diaryl/α,β-unsaturated/α-hetero) is 1. The zero-order valence-electron chi connectivity index (χ0n) is 11.8. The summed E-state index contributed by atoms with van der Waals surface area (Å²) in [5.41, 5.74) is 4.40. The highest BCUT2D eigenvalue weighted by Gasteiger charge is 2.23. The number of hydrogen-bond donors (Lipinski definition) is 0. The fourth-order valence-electron chi connectivity index (χ4n) is 2.77. The Morgan fingerprint density at radius 3 is 2.45 bits per heavy atom. The Morgan fingerprint density at radius 2 is 1.75 bits per heavy atom. The zero-order valence-corrected chi connectivity index (χ0v) is 11.8.